The van der Waals surface area contributed by atoms with Gasteiger partial charge in [0.25, 0.3) is 0 Å². The number of hydrogen-bond donors (Lipinski definition) is 0. The van der Waals surface area contributed by atoms with E-state index < -0.39 is 9.84 Å². The Morgan fingerprint density at radius 1 is 0.923 bits per heavy atom. The molecule has 2 fully saturated rings. The molecule has 0 aromatic heterocycles. The minimum atomic E-state index is -2.99. The Morgan fingerprint density at radius 2 is 1.54 bits per heavy atom. The number of Topliss-reactive ketones (excluding diaryl/α,β-unsaturated/α-hetero) is 1. The first-order valence-electron chi connectivity index (χ1n) is 9.08. The van der Waals surface area contributed by atoms with Gasteiger partial charge in [0.2, 0.25) is 0 Å². The van der Waals surface area contributed by atoms with Crippen molar-refractivity contribution in [1.29, 1.82) is 0 Å². The first-order chi connectivity index (χ1) is 12.5. The molecule has 2 aliphatic rings. The van der Waals surface area contributed by atoms with E-state index in [1.807, 2.05) is 42.5 Å². The van der Waals surface area contributed by atoms with Gasteiger partial charge in [0.15, 0.2) is 15.6 Å². The van der Waals surface area contributed by atoms with Crippen molar-refractivity contribution in [2.45, 2.75) is 42.8 Å². The molecule has 2 aliphatic heterocycles. The van der Waals surface area contributed by atoms with E-state index in [9.17, 15) is 13.2 Å². The molecule has 2 unspecified atom stereocenters. The van der Waals surface area contributed by atoms with Crippen LogP contribution in [0.5, 0.6) is 5.75 Å². The van der Waals surface area contributed by atoms with Crippen molar-refractivity contribution < 1.29 is 17.9 Å². The first kappa shape index (κ1) is 17.3. The summed E-state index contributed by atoms with van der Waals surface area (Å²) in [5.41, 5.74) is 1.73. The van der Waals surface area contributed by atoms with Crippen LogP contribution >= 0.6 is 0 Å². The highest BCUT2D eigenvalue weighted by atomic mass is 32.2. The van der Waals surface area contributed by atoms with Gasteiger partial charge >= 0.3 is 0 Å². The molecule has 2 saturated heterocycles. The quantitative estimate of drug-likeness (QED) is 0.751. The number of carbonyl (C=O) groups is 1. The minimum Gasteiger partial charge on any atom is -0.489 e. The van der Waals surface area contributed by atoms with Crippen LogP contribution in [-0.2, 0) is 16.4 Å². The van der Waals surface area contributed by atoms with Crippen molar-refractivity contribution in [1.82, 2.24) is 0 Å². The Kier molecular flexibility index (Phi) is 4.57. The molecule has 136 valence electrons. The molecule has 0 saturated carbocycles. The number of sulfone groups is 1. The molecule has 0 aliphatic carbocycles. The maximum absolute atomic E-state index is 12.8. The number of benzene rings is 2. The highest BCUT2D eigenvalue weighted by Crippen LogP contribution is 2.42. The fourth-order valence-corrected chi connectivity index (χ4v) is 6.59. The average molecular weight is 370 g/mol. The summed E-state index contributed by atoms with van der Waals surface area (Å²) in [6, 6.07) is 17.1. The molecule has 4 nitrogen and oxygen atoms in total. The van der Waals surface area contributed by atoms with Crippen molar-refractivity contribution in [2.24, 2.45) is 5.92 Å². The van der Waals surface area contributed by atoms with Crippen molar-refractivity contribution in [2.75, 3.05) is 0 Å². The second kappa shape index (κ2) is 6.88. The monoisotopic (exact) mass is 370 g/mol. The number of hydrogen-bond acceptors (Lipinski definition) is 4. The molecule has 0 N–H and O–H groups in total. The van der Waals surface area contributed by atoms with Gasteiger partial charge in [0.1, 0.15) is 12.4 Å². The Balaban J connectivity index is 1.40. The summed E-state index contributed by atoms with van der Waals surface area (Å²) in [7, 11) is -2.99. The molecule has 2 aromatic carbocycles. The maximum atomic E-state index is 12.8. The molecule has 2 atom stereocenters. The summed E-state index contributed by atoms with van der Waals surface area (Å²) in [6.07, 6.45) is 2.37. The molecule has 2 bridgehead atoms. The van der Waals surface area contributed by atoms with E-state index in [0.717, 1.165) is 11.3 Å². The Hall–Kier alpha value is -2.14. The molecule has 2 aromatic rings. The highest BCUT2D eigenvalue weighted by Gasteiger charge is 2.48. The summed E-state index contributed by atoms with van der Waals surface area (Å²) in [6.45, 7) is 0.484. The lowest BCUT2D eigenvalue weighted by Gasteiger charge is -2.27. The van der Waals surface area contributed by atoms with Gasteiger partial charge in [-0.15, -0.1) is 0 Å². The highest BCUT2D eigenvalue weighted by molar-refractivity contribution is 7.93. The van der Waals surface area contributed by atoms with Gasteiger partial charge in [-0.3, -0.25) is 4.79 Å². The largest absolute Gasteiger partial charge is 0.489 e. The van der Waals surface area contributed by atoms with E-state index in [2.05, 4.69) is 0 Å². The van der Waals surface area contributed by atoms with Crippen LogP contribution in [0.3, 0.4) is 0 Å². The zero-order valence-electron chi connectivity index (χ0n) is 14.5. The summed E-state index contributed by atoms with van der Waals surface area (Å²) < 4.78 is 30.1. The lowest BCUT2D eigenvalue weighted by molar-refractivity contribution is 0.0905. The van der Waals surface area contributed by atoms with Gasteiger partial charge in [-0.2, -0.15) is 0 Å². The van der Waals surface area contributed by atoms with E-state index in [0.29, 0.717) is 37.9 Å². The van der Waals surface area contributed by atoms with Crippen molar-refractivity contribution in [3.8, 4) is 5.75 Å². The Bertz CT molecular complexity index is 867. The van der Waals surface area contributed by atoms with E-state index >= 15 is 0 Å². The predicted octanol–water partition coefficient (Wildman–Crippen LogP) is 3.80. The molecular formula is C21H22O4S. The molecule has 0 radical (unpaired) electrons. The second-order valence-corrected chi connectivity index (χ2v) is 9.75. The third-order valence-electron chi connectivity index (χ3n) is 5.59. The summed E-state index contributed by atoms with van der Waals surface area (Å²) in [4.78, 5) is 12.8. The third kappa shape index (κ3) is 3.28. The first-order valence-corrected chi connectivity index (χ1v) is 10.7. The van der Waals surface area contributed by atoms with Crippen LogP contribution in [-0.4, -0.2) is 24.7 Å². The SMILES string of the molecule is O=C(c1ccc(OCc2ccccc2)cc1)C1CC2CCC(C1)S2(=O)=O. The van der Waals surface area contributed by atoms with Crippen LogP contribution < -0.4 is 4.74 Å². The Labute approximate surface area is 154 Å². The predicted molar refractivity (Wildman–Crippen MR) is 100 cm³/mol. The summed E-state index contributed by atoms with van der Waals surface area (Å²) in [5, 5.41) is -0.632. The van der Waals surface area contributed by atoms with Gasteiger partial charge in [0, 0.05) is 11.5 Å². The van der Waals surface area contributed by atoms with Crippen LogP contribution in [0.25, 0.3) is 0 Å². The van der Waals surface area contributed by atoms with Crippen molar-refractivity contribution >= 4 is 15.6 Å². The van der Waals surface area contributed by atoms with Gasteiger partial charge in [-0.25, -0.2) is 8.42 Å². The molecular weight excluding hydrogens is 348 g/mol. The molecule has 26 heavy (non-hydrogen) atoms. The average Bonchev–Trinajstić information content (AvgIpc) is 2.84. The van der Waals surface area contributed by atoms with E-state index in [1.54, 1.807) is 12.1 Å². The Morgan fingerprint density at radius 3 is 2.15 bits per heavy atom. The van der Waals surface area contributed by atoms with Gasteiger partial charge in [-0.1, -0.05) is 30.3 Å². The van der Waals surface area contributed by atoms with E-state index in [1.165, 1.54) is 0 Å². The zero-order chi connectivity index (χ0) is 18.1. The normalized spacial score (nSPS) is 26.4. The fraction of sp³-hybridized carbons (Fsp3) is 0.381. The summed E-state index contributed by atoms with van der Waals surface area (Å²) >= 11 is 0. The molecule has 2 heterocycles. The van der Waals surface area contributed by atoms with E-state index in [-0.39, 0.29) is 22.2 Å². The standard InChI is InChI=1S/C21H22O4S/c22-21(17-12-19-10-11-20(13-17)26(19,23)24)16-6-8-18(9-7-16)25-14-15-4-2-1-3-5-15/h1-9,17,19-20H,10-14H2. The number of fused-ring (bicyclic) bond motifs is 2. The number of ether oxygens (including phenoxy) is 1. The summed E-state index contributed by atoms with van der Waals surface area (Å²) in [5.74, 6) is 0.607. The minimum absolute atomic E-state index is 0.0615. The van der Waals surface area contributed by atoms with Crippen LogP contribution in [0, 0.1) is 5.92 Å². The van der Waals surface area contributed by atoms with Crippen molar-refractivity contribution in [3.05, 3.63) is 65.7 Å². The van der Waals surface area contributed by atoms with Crippen molar-refractivity contribution in [3.63, 3.8) is 0 Å². The second-order valence-electron chi connectivity index (χ2n) is 7.24. The molecule has 0 spiro atoms. The van der Waals surface area contributed by atoms with Crippen LogP contribution in [0.1, 0.15) is 41.6 Å². The molecule has 5 heteroatoms. The van der Waals surface area contributed by atoms with Crippen LogP contribution in [0.15, 0.2) is 54.6 Å². The molecule has 4 rings (SSSR count). The molecule has 0 amide bonds. The number of carbonyl (C=O) groups excluding carboxylic acids is 1. The topological polar surface area (TPSA) is 60.4 Å². The van der Waals surface area contributed by atoms with Crippen LogP contribution in [0.2, 0.25) is 0 Å². The lowest BCUT2D eigenvalue weighted by Crippen LogP contribution is -2.36. The van der Waals surface area contributed by atoms with Gasteiger partial charge < -0.3 is 4.74 Å². The third-order valence-corrected chi connectivity index (χ3v) is 8.31. The smallest absolute Gasteiger partial charge is 0.166 e. The van der Waals surface area contributed by atoms with Crippen LogP contribution in [0.4, 0.5) is 0 Å². The number of rotatable bonds is 5. The maximum Gasteiger partial charge on any atom is 0.166 e. The van der Waals surface area contributed by atoms with Gasteiger partial charge in [0.05, 0.1) is 10.5 Å². The number of ketones is 1. The zero-order valence-corrected chi connectivity index (χ0v) is 15.3. The van der Waals surface area contributed by atoms with E-state index in [4.69, 9.17) is 4.74 Å². The van der Waals surface area contributed by atoms with Gasteiger partial charge in [-0.05, 0) is 55.5 Å². The lowest BCUT2D eigenvalue weighted by atomic mass is 9.90. The fourth-order valence-electron chi connectivity index (χ4n) is 4.11.